The number of nitrogens with zero attached hydrogens (tertiary/aromatic N) is 3. The second-order valence-corrected chi connectivity index (χ2v) is 7.44. The number of likely N-dealkylation sites (tertiary alicyclic amines) is 1. The standard InChI is InChI=1S/C17H15F3N4O2S/c18-17(19,20)13-4-3-12(27-13)10-7-11-15(21-8-10)22-16(26)24(11)9-14(25)23-5-1-2-6-23/h3-4,7-8H,1-2,5-6,9H2,(H,21,22,26). The largest absolute Gasteiger partial charge is 0.425 e. The van der Waals surface area contributed by atoms with Crippen molar-refractivity contribution in [2.45, 2.75) is 25.6 Å². The number of imidazole rings is 1. The molecule has 27 heavy (non-hydrogen) atoms. The number of hydrogen-bond acceptors (Lipinski definition) is 4. The fourth-order valence-electron chi connectivity index (χ4n) is 3.17. The van der Waals surface area contributed by atoms with Crippen molar-refractivity contribution in [2.75, 3.05) is 13.1 Å². The predicted molar refractivity (Wildman–Crippen MR) is 94.5 cm³/mol. The van der Waals surface area contributed by atoms with Crippen molar-refractivity contribution >= 4 is 28.4 Å². The minimum absolute atomic E-state index is 0.123. The van der Waals surface area contributed by atoms with E-state index in [0.29, 0.717) is 46.0 Å². The van der Waals surface area contributed by atoms with Gasteiger partial charge in [0.15, 0.2) is 5.65 Å². The number of alkyl halides is 3. The number of amides is 1. The molecule has 1 saturated heterocycles. The number of hydrogen-bond donors (Lipinski definition) is 1. The minimum atomic E-state index is -4.40. The Labute approximate surface area is 155 Å². The maximum atomic E-state index is 12.8. The van der Waals surface area contributed by atoms with E-state index in [1.807, 2.05) is 0 Å². The first kappa shape index (κ1) is 17.8. The summed E-state index contributed by atoms with van der Waals surface area (Å²) in [5.41, 5.74) is 0.686. The number of fused-ring (bicyclic) bond motifs is 1. The molecule has 0 radical (unpaired) electrons. The van der Waals surface area contributed by atoms with E-state index in [-0.39, 0.29) is 12.5 Å². The predicted octanol–water partition coefficient (Wildman–Crippen LogP) is 3.09. The summed E-state index contributed by atoms with van der Waals surface area (Å²) < 4.78 is 39.8. The van der Waals surface area contributed by atoms with E-state index in [9.17, 15) is 22.8 Å². The molecule has 1 aliphatic heterocycles. The lowest BCUT2D eigenvalue weighted by atomic mass is 10.2. The van der Waals surface area contributed by atoms with E-state index in [1.54, 1.807) is 11.0 Å². The number of pyridine rings is 1. The average molecular weight is 396 g/mol. The van der Waals surface area contributed by atoms with E-state index in [2.05, 4.69) is 9.97 Å². The highest BCUT2D eigenvalue weighted by Gasteiger charge is 2.32. The number of thiophene rings is 1. The zero-order valence-corrected chi connectivity index (χ0v) is 14.9. The molecule has 3 aromatic heterocycles. The highest BCUT2D eigenvalue weighted by Crippen LogP contribution is 2.38. The Morgan fingerprint density at radius 2 is 2.00 bits per heavy atom. The van der Waals surface area contributed by atoms with Crippen LogP contribution in [0.2, 0.25) is 0 Å². The first-order valence-electron chi connectivity index (χ1n) is 8.37. The number of carbonyl (C=O) groups excluding carboxylic acids is 1. The second kappa shape index (κ2) is 6.52. The molecule has 1 amide bonds. The van der Waals surface area contributed by atoms with Gasteiger partial charge in [0.2, 0.25) is 5.91 Å². The molecule has 0 bridgehead atoms. The van der Waals surface area contributed by atoms with E-state index in [1.165, 1.54) is 16.8 Å². The Kier molecular flexibility index (Phi) is 4.29. The highest BCUT2D eigenvalue weighted by atomic mass is 32.1. The summed E-state index contributed by atoms with van der Waals surface area (Å²) in [6, 6.07) is 3.98. The van der Waals surface area contributed by atoms with E-state index in [0.717, 1.165) is 18.9 Å². The van der Waals surface area contributed by atoms with Gasteiger partial charge in [-0.05, 0) is 31.0 Å². The van der Waals surface area contributed by atoms with Crippen LogP contribution in [0.5, 0.6) is 0 Å². The van der Waals surface area contributed by atoms with Crippen LogP contribution in [0.4, 0.5) is 13.2 Å². The molecule has 10 heteroatoms. The van der Waals surface area contributed by atoms with Gasteiger partial charge in [0, 0.05) is 29.7 Å². The summed E-state index contributed by atoms with van der Waals surface area (Å²) in [6.45, 7) is 1.23. The number of aromatic amines is 1. The number of rotatable bonds is 3. The maximum Gasteiger partial charge on any atom is 0.425 e. The average Bonchev–Trinajstić information content (AvgIpc) is 3.34. The lowest BCUT2D eigenvalue weighted by molar-refractivity contribution is -0.134. The fourth-order valence-corrected chi connectivity index (χ4v) is 4.03. The molecule has 1 fully saturated rings. The van der Waals surface area contributed by atoms with Crippen molar-refractivity contribution in [3.8, 4) is 10.4 Å². The number of nitrogens with one attached hydrogen (secondary N) is 1. The third-order valence-electron chi connectivity index (χ3n) is 4.55. The Morgan fingerprint density at radius 1 is 1.26 bits per heavy atom. The molecule has 142 valence electrons. The van der Waals surface area contributed by atoms with Crippen molar-refractivity contribution in [1.82, 2.24) is 19.4 Å². The Hall–Kier alpha value is -2.62. The Balaban J connectivity index is 1.70. The normalized spacial score (nSPS) is 15.0. The van der Waals surface area contributed by atoms with Crippen LogP contribution in [-0.4, -0.2) is 38.4 Å². The quantitative estimate of drug-likeness (QED) is 0.740. The molecule has 6 nitrogen and oxygen atoms in total. The van der Waals surface area contributed by atoms with Crippen LogP contribution in [0.3, 0.4) is 0 Å². The smallest absolute Gasteiger partial charge is 0.341 e. The Bertz CT molecular complexity index is 1060. The number of aromatic nitrogens is 3. The molecule has 4 rings (SSSR count). The minimum Gasteiger partial charge on any atom is -0.341 e. The molecule has 0 aliphatic carbocycles. The zero-order chi connectivity index (χ0) is 19.2. The third-order valence-corrected chi connectivity index (χ3v) is 5.73. The molecule has 0 atom stereocenters. The lowest BCUT2D eigenvalue weighted by Gasteiger charge is -2.15. The van der Waals surface area contributed by atoms with Crippen LogP contribution in [0, 0.1) is 0 Å². The summed E-state index contributed by atoms with van der Waals surface area (Å²) in [5.74, 6) is -0.156. The Morgan fingerprint density at radius 3 is 2.67 bits per heavy atom. The van der Waals surface area contributed by atoms with Crippen molar-refractivity contribution in [1.29, 1.82) is 0 Å². The molecule has 0 spiro atoms. The number of carbonyl (C=O) groups is 1. The van der Waals surface area contributed by atoms with E-state index < -0.39 is 16.7 Å². The van der Waals surface area contributed by atoms with Crippen molar-refractivity contribution < 1.29 is 18.0 Å². The molecule has 0 saturated carbocycles. The zero-order valence-electron chi connectivity index (χ0n) is 14.0. The molecule has 3 aromatic rings. The van der Waals surface area contributed by atoms with Crippen LogP contribution >= 0.6 is 11.3 Å². The molecule has 1 N–H and O–H groups in total. The van der Waals surface area contributed by atoms with Gasteiger partial charge >= 0.3 is 11.9 Å². The van der Waals surface area contributed by atoms with Crippen LogP contribution in [0.15, 0.2) is 29.2 Å². The topological polar surface area (TPSA) is 71.0 Å². The van der Waals surface area contributed by atoms with Crippen LogP contribution in [-0.2, 0) is 17.5 Å². The lowest BCUT2D eigenvalue weighted by Crippen LogP contribution is -2.33. The van der Waals surface area contributed by atoms with Crippen molar-refractivity contribution in [3.05, 3.63) is 39.8 Å². The van der Waals surface area contributed by atoms with Gasteiger partial charge < -0.3 is 4.90 Å². The van der Waals surface area contributed by atoms with Gasteiger partial charge in [-0.15, -0.1) is 11.3 Å². The van der Waals surface area contributed by atoms with E-state index in [4.69, 9.17) is 0 Å². The summed E-state index contributed by atoms with van der Waals surface area (Å²) in [6.07, 6.45) is -1.10. The number of H-pyrrole nitrogens is 1. The molecule has 4 heterocycles. The van der Waals surface area contributed by atoms with Gasteiger partial charge in [-0.25, -0.2) is 9.78 Å². The van der Waals surface area contributed by atoms with Gasteiger partial charge in [0.25, 0.3) is 0 Å². The summed E-state index contributed by atoms with van der Waals surface area (Å²) in [7, 11) is 0. The maximum absolute atomic E-state index is 12.8. The van der Waals surface area contributed by atoms with Crippen LogP contribution < -0.4 is 5.69 Å². The third kappa shape index (κ3) is 3.36. The van der Waals surface area contributed by atoms with Gasteiger partial charge in [-0.1, -0.05) is 0 Å². The van der Waals surface area contributed by atoms with Crippen LogP contribution in [0.25, 0.3) is 21.6 Å². The molecule has 0 aromatic carbocycles. The van der Waals surface area contributed by atoms with Crippen molar-refractivity contribution in [3.63, 3.8) is 0 Å². The SMILES string of the molecule is O=C(Cn1c(=O)[nH]c2ncc(-c3ccc(C(F)(F)F)s3)cc21)N1CCCC1. The van der Waals surface area contributed by atoms with Gasteiger partial charge in [0.05, 0.1) is 5.52 Å². The first-order chi connectivity index (χ1) is 12.8. The second-order valence-electron chi connectivity index (χ2n) is 6.36. The van der Waals surface area contributed by atoms with Gasteiger partial charge in [-0.3, -0.25) is 14.3 Å². The number of halogens is 3. The van der Waals surface area contributed by atoms with Crippen molar-refractivity contribution in [2.24, 2.45) is 0 Å². The van der Waals surface area contributed by atoms with Gasteiger partial charge in [-0.2, -0.15) is 13.2 Å². The monoisotopic (exact) mass is 396 g/mol. The first-order valence-corrected chi connectivity index (χ1v) is 9.18. The highest BCUT2D eigenvalue weighted by molar-refractivity contribution is 7.15. The fraction of sp³-hybridized carbons (Fsp3) is 0.353. The molecule has 0 unspecified atom stereocenters. The summed E-state index contributed by atoms with van der Waals surface area (Å²) in [4.78, 5) is 32.7. The molecule has 1 aliphatic rings. The molecular formula is C17H15F3N4O2S. The van der Waals surface area contributed by atoms with Gasteiger partial charge in [0.1, 0.15) is 11.4 Å². The van der Waals surface area contributed by atoms with E-state index >= 15 is 0 Å². The summed E-state index contributed by atoms with van der Waals surface area (Å²) in [5, 5.41) is 0. The molecular weight excluding hydrogens is 381 g/mol. The van der Waals surface area contributed by atoms with Crippen LogP contribution in [0.1, 0.15) is 17.7 Å². The summed E-state index contributed by atoms with van der Waals surface area (Å²) >= 11 is 0.611.